The van der Waals surface area contributed by atoms with Crippen LogP contribution in [0.1, 0.15) is 27.9 Å². The number of nitrogens with one attached hydrogen (secondary N) is 1. The number of hydrogen-bond donors (Lipinski definition) is 4. The van der Waals surface area contributed by atoms with Crippen molar-refractivity contribution in [3.63, 3.8) is 0 Å². The second-order valence-electron chi connectivity index (χ2n) is 11.3. The van der Waals surface area contributed by atoms with E-state index >= 15 is 0 Å². The lowest BCUT2D eigenvalue weighted by molar-refractivity contribution is -0.181. The molecule has 6 atom stereocenters. The van der Waals surface area contributed by atoms with Crippen LogP contribution in [-0.4, -0.2) is 83.1 Å². The molecule has 0 aromatic heterocycles. The van der Waals surface area contributed by atoms with E-state index in [2.05, 4.69) is 5.32 Å². The van der Waals surface area contributed by atoms with Crippen molar-refractivity contribution >= 4 is 29.0 Å². The third kappa shape index (κ3) is 4.39. The van der Waals surface area contributed by atoms with Gasteiger partial charge in [0.15, 0.2) is 34.7 Å². The number of aliphatic hydroxyl groups is 1. The molecule has 0 saturated heterocycles. The van der Waals surface area contributed by atoms with Gasteiger partial charge in [-0.1, -0.05) is 30.3 Å². The number of rotatable bonds is 7. The van der Waals surface area contributed by atoms with Gasteiger partial charge in [-0.25, -0.2) is 4.39 Å². The number of phenols is 1. The molecular formula is C30H32FN3O7. The number of nitrogens with zero attached hydrogens (tertiary/aromatic N) is 1. The number of ketones is 4. The Morgan fingerprint density at radius 1 is 1.10 bits per heavy atom. The Morgan fingerprint density at radius 3 is 2.39 bits per heavy atom. The van der Waals surface area contributed by atoms with Gasteiger partial charge in [0.2, 0.25) is 5.91 Å². The van der Waals surface area contributed by atoms with Crippen molar-refractivity contribution in [1.29, 1.82) is 0 Å². The maximum atomic E-state index is 13.9. The summed E-state index contributed by atoms with van der Waals surface area (Å²) < 4.78 is 12.4. The molecule has 2 saturated carbocycles. The number of benzene rings is 2. The second kappa shape index (κ2) is 10.6. The molecule has 216 valence electrons. The van der Waals surface area contributed by atoms with Gasteiger partial charge in [-0.2, -0.15) is 0 Å². The molecule has 3 aliphatic rings. The predicted octanol–water partition coefficient (Wildman–Crippen LogP) is 0.593. The van der Waals surface area contributed by atoms with Crippen molar-refractivity contribution in [2.75, 3.05) is 27.3 Å². The largest absolute Gasteiger partial charge is 0.507 e. The molecular weight excluding hydrogens is 533 g/mol. The molecule has 3 unspecified atom stereocenters. The lowest BCUT2D eigenvalue weighted by atomic mass is 9.52. The van der Waals surface area contributed by atoms with Crippen LogP contribution in [-0.2, 0) is 32.1 Å². The second-order valence-corrected chi connectivity index (χ2v) is 11.3. The number of aromatic hydroxyl groups is 1. The standard InChI is InChI=1S/C30H32FN3O7/c1-34(2)24-19-12-16-11-18-17(15-5-3-14(4-6-15)13-33-10-9-31)7-8-20(35)22(18)25(36)21(16)27(38)30(19,41)28(39)23(26(24)37)29(32)40/h3-8,16,19,21,23-24,33,35,41H,9-13H2,1-2H3,(H2,32,40)/t16-,19-,21?,23?,24?,30-/m1/s1. The van der Waals surface area contributed by atoms with E-state index in [4.69, 9.17) is 5.73 Å². The summed E-state index contributed by atoms with van der Waals surface area (Å²) in [6.07, 6.45) is 0.160. The Balaban J connectivity index is 1.57. The lowest BCUT2D eigenvalue weighted by Gasteiger charge is -2.52. The molecule has 3 aliphatic carbocycles. The predicted molar refractivity (Wildman–Crippen MR) is 144 cm³/mol. The molecule has 10 nitrogen and oxygen atoms in total. The molecule has 0 radical (unpaired) electrons. The fourth-order valence-corrected chi connectivity index (χ4v) is 6.98. The molecule has 5 rings (SSSR count). The summed E-state index contributed by atoms with van der Waals surface area (Å²) in [4.78, 5) is 67.9. The van der Waals surface area contributed by atoms with Crippen LogP contribution in [0, 0.1) is 23.7 Å². The van der Waals surface area contributed by atoms with E-state index in [1.165, 1.54) is 11.0 Å². The van der Waals surface area contributed by atoms with Crippen molar-refractivity contribution in [3.8, 4) is 16.9 Å². The summed E-state index contributed by atoms with van der Waals surface area (Å²) >= 11 is 0. The van der Waals surface area contributed by atoms with E-state index < -0.39 is 71.0 Å². The quantitative estimate of drug-likeness (QED) is 0.278. The number of likely N-dealkylation sites (N-methyl/N-ethyl adjacent to an activating group) is 1. The number of Topliss-reactive ketones (excluding diaryl/α,β-unsaturated/α-hetero) is 4. The van der Waals surface area contributed by atoms with Gasteiger partial charge in [0.1, 0.15) is 12.4 Å². The van der Waals surface area contributed by atoms with E-state index in [1.54, 1.807) is 20.2 Å². The lowest BCUT2D eigenvalue weighted by Crippen LogP contribution is -2.74. The van der Waals surface area contributed by atoms with Crippen LogP contribution in [0.15, 0.2) is 36.4 Å². The number of amides is 1. The summed E-state index contributed by atoms with van der Waals surface area (Å²) in [6, 6.07) is 9.34. The summed E-state index contributed by atoms with van der Waals surface area (Å²) in [5.74, 6) is -10.8. The number of nitrogens with two attached hydrogens (primary N) is 1. The maximum Gasteiger partial charge on any atom is 0.235 e. The van der Waals surface area contributed by atoms with Gasteiger partial charge in [0.05, 0.1) is 17.5 Å². The molecule has 0 bridgehead atoms. The zero-order valence-corrected chi connectivity index (χ0v) is 22.7. The Morgan fingerprint density at radius 2 is 1.78 bits per heavy atom. The average molecular weight is 566 g/mol. The van der Waals surface area contributed by atoms with Crippen molar-refractivity contribution in [2.24, 2.45) is 29.4 Å². The number of halogens is 1. The van der Waals surface area contributed by atoms with Crippen LogP contribution in [0.25, 0.3) is 11.1 Å². The first-order chi connectivity index (χ1) is 19.4. The minimum Gasteiger partial charge on any atom is -0.507 e. The topological polar surface area (TPSA) is 167 Å². The highest BCUT2D eigenvalue weighted by atomic mass is 19.1. The van der Waals surface area contributed by atoms with Gasteiger partial charge < -0.3 is 21.3 Å². The maximum absolute atomic E-state index is 13.9. The Kier molecular flexibility index (Phi) is 7.39. The fraction of sp³-hybridized carbons (Fsp3) is 0.433. The van der Waals surface area contributed by atoms with Crippen molar-refractivity contribution in [2.45, 2.75) is 31.0 Å². The Hall–Kier alpha value is -3.80. The normalized spacial score (nSPS) is 29.2. The van der Waals surface area contributed by atoms with Gasteiger partial charge in [-0.05, 0) is 61.2 Å². The zero-order chi connectivity index (χ0) is 29.8. The molecule has 0 spiro atoms. The summed E-state index contributed by atoms with van der Waals surface area (Å²) in [6.45, 7) is 0.243. The van der Waals surface area contributed by atoms with Crippen molar-refractivity contribution in [3.05, 3.63) is 53.1 Å². The number of carbonyl (C=O) groups excluding carboxylic acids is 5. The highest BCUT2D eigenvalue weighted by Gasteiger charge is 2.69. The summed E-state index contributed by atoms with van der Waals surface area (Å²) in [7, 11) is 3.09. The van der Waals surface area contributed by atoms with E-state index in [0.29, 0.717) is 17.7 Å². The summed E-state index contributed by atoms with van der Waals surface area (Å²) in [5.41, 5.74) is 5.44. The number of phenolic OH excluding ortho intramolecular Hbond substituents is 1. The van der Waals surface area contributed by atoms with Gasteiger partial charge in [-0.15, -0.1) is 0 Å². The molecule has 2 aromatic rings. The number of fused-ring (bicyclic) bond motifs is 3. The highest BCUT2D eigenvalue weighted by Crippen LogP contribution is 2.51. The van der Waals surface area contributed by atoms with Crippen molar-refractivity contribution < 1.29 is 38.6 Å². The van der Waals surface area contributed by atoms with Crippen LogP contribution in [0.3, 0.4) is 0 Å². The minimum absolute atomic E-state index is 0.0157. The Labute approximate surface area is 235 Å². The third-order valence-electron chi connectivity index (χ3n) is 8.81. The smallest absolute Gasteiger partial charge is 0.235 e. The first kappa shape index (κ1) is 28.7. The first-order valence-corrected chi connectivity index (χ1v) is 13.5. The van der Waals surface area contributed by atoms with Crippen molar-refractivity contribution in [1.82, 2.24) is 10.2 Å². The molecule has 0 aliphatic heterocycles. The number of primary amides is 1. The SMILES string of the molecule is CN(C)C1C(=O)C(C(N)=O)C(=O)[C@]2(O)C(=O)C3C(=O)c4c(O)ccc(-c5ccc(CNCCF)cc5)c4C[C@@H]3C[C@H]12. The van der Waals surface area contributed by atoms with Crippen LogP contribution < -0.4 is 11.1 Å². The third-order valence-corrected chi connectivity index (χ3v) is 8.81. The van der Waals surface area contributed by atoms with E-state index in [-0.39, 0.29) is 30.7 Å². The van der Waals surface area contributed by atoms with E-state index in [0.717, 1.165) is 11.1 Å². The minimum atomic E-state index is -2.75. The molecule has 2 fully saturated rings. The summed E-state index contributed by atoms with van der Waals surface area (Å²) in [5, 5.41) is 25.4. The fourth-order valence-electron chi connectivity index (χ4n) is 6.98. The van der Waals surface area contributed by atoms with Crippen LogP contribution in [0.2, 0.25) is 0 Å². The number of carbonyl (C=O) groups is 5. The molecule has 2 aromatic carbocycles. The van der Waals surface area contributed by atoms with Gasteiger partial charge in [0.25, 0.3) is 0 Å². The molecule has 1 amide bonds. The number of alkyl halides is 1. The zero-order valence-electron chi connectivity index (χ0n) is 22.7. The molecule has 0 heterocycles. The van der Waals surface area contributed by atoms with Gasteiger partial charge in [0, 0.05) is 19.0 Å². The number of hydrogen-bond acceptors (Lipinski definition) is 9. The van der Waals surface area contributed by atoms with Gasteiger partial charge >= 0.3 is 0 Å². The molecule has 11 heteroatoms. The van der Waals surface area contributed by atoms with Gasteiger partial charge in [-0.3, -0.25) is 28.9 Å². The van der Waals surface area contributed by atoms with E-state index in [9.17, 15) is 38.6 Å². The molecule has 5 N–H and O–H groups in total. The average Bonchev–Trinajstić information content (AvgIpc) is 2.91. The Bertz CT molecular complexity index is 1460. The van der Waals surface area contributed by atoms with E-state index in [1.807, 2.05) is 24.3 Å². The van der Waals surface area contributed by atoms with Crippen LogP contribution in [0.5, 0.6) is 5.75 Å². The monoisotopic (exact) mass is 565 g/mol. The highest BCUT2D eigenvalue weighted by molar-refractivity contribution is 6.32. The van der Waals surface area contributed by atoms with Crippen LogP contribution in [0.4, 0.5) is 4.39 Å². The van der Waals surface area contributed by atoms with Crippen LogP contribution >= 0.6 is 0 Å². The first-order valence-electron chi connectivity index (χ1n) is 13.5. The molecule has 41 heavy (non-hydrogen) atoms.